The average molecular weight is 240 g/mol. The summed E-state index contributed by atoms with van der Waals surface area (Å²) in [6.45, 7) is 2.69. The number of hydrogen-bond acceptors (Lipinski definition) is 4. The standard InChI is InChI=1S/C12H16O3S/c1-9(8-16)7-15-11-5-3-10(4-6-11)12(13)14-2/h3-6,9,16H,7-8H2,1-2H3. The molecule has 0 radical (unpaired) electrons. The van der Waals surface area contributed by atoms with Gasteiger partial charge in [0.1, 0.15) is 5.75 Å². The second-order valence-corrected chi connectivity index (χ2v) is 3.98. The van der Waals surface area contributed by atoms with Crippen LogP contribution in [0.5, 0.6) is 5.75 Å². The molecule has 0 aliphatic heterocycles. The summed E-state index contributed by atoms with van der Waals surface area (Å²) in [6, 6.07) is 6.90. The molecule has 0 aliphatic rings. The van der Waals surface area contributed by atoms with Gasteiger partial charge in [0.25, 0.3) is 0 Å². The Labute approximate surface area is 101 Å². The summed E-state index contributed by atoms with van der Waals surface area (Å²) in [5.74, 6) is 1.61. The number of carbonyl (C=O) groups is 1. The molecule has 1 atom stereocenters. The minimum Gasteiger partial charge on any atom is -0.493 e. The van der Waals surface area contributed by atoms with Gasteiger partial charge in [0, 0.05) is 0 Å². The second-order valence-electron chi connectivity index (χ2n) is 3.61. The third-order valence-electron chi connectivity index (χ3n) is 2.12. The van der Waals surface area contributed by atoms with Crippen LogP contribution >= 0.6 is 12.6 Å². The fourth-order valence-electron chi connectivity index (χ4n) is 1.10. The van der Waals surface area contributed by atoms with Crippen molar-refractivity contribution in [1.29, 1.82) is 0 Å². The van der Waals surface area contributed by atoms with Crippen molar-refractivity contribution < 1.29 is 14.3 Å². The van der Waals surface area contributed by atoms with E-state index in [0.717, 1.165) is 11.5 Å². The van der Waals surface area contributed by atoms with Gasteiger partial charge in [-0.2, -0.15) is 12.6 Å². The van der Waals surface area contributed by atoms with E-state index in [-0.39, 0.29) is 5.97 Å². The first kappa shape index (κ1) is 12.9. The summed E-state index contributed by atoms with van der Waals surface area (Å²) in [6.07, 6.45) is 0. The summed E-state index contributed by atoms with van der Waals surface area (Å²) in [7, 11) is 1.36. The van der Waals surface area contributed by atoms with Crippen LogP contribution in [0.2, 0.25) is 0 Å². The lowest BCUT2D eigenvalue weighted by molar-refractivity contribution is 0.0600. The van der Waals surface area contributed by atoms with Crippen LogP contribution in [0.3, 0.4) is 0 Å². The van der Waals surface area contributed by atoms with Crippen molar-refractivity contribution in [3.05, 3.63) is 29.8 Å². The maximum atomic E-state index is 11.2. The quantitative estimate of drug-likeness (QED) is 0.634. The zero-order valence-electron chi connectivity index (χ0n) is 9.47. The number of ether oxygens (including phenoxy) is 2. The minimum absolute atomic E-state index is 0.338. The van der Waals surface area contributed by atoms with Crippen molar-refractivity contribution >= 4 is 18.6 Å². The number of methoxy groups -OCH3 is 1. The van der Waals surface area contributed by atoms with Crippen molar-refractivity contribution in [3.8, 4) is 5.75 Å². The SMILES string of the molecule is COC(=O)c1ccc(OCC(C)CS)cc1. The van der Waals surface area contributed by atoms with E-state index < -0.39 is 0 Å². The summed E-state index contributed by atoms with van der Waals surface area (Å²) in [5, 5.41) is 0. The number of benzene rings is 1. The smallest absolute Gasteiger partial charge is 0.337 e. The number of hydrogen-bond donors (Lipinski definition) is 1. The number of thiol groups is 1. The minimum atomic E-state index is -0.338. The molecule has 3 nitrogen and oxygen atoms in total. The molecule has 0 aliphatic carbocycles. The predicted molar refractivity (Wildman–Crippen MR) is 66.3 cm³/mol. The van der Waals surface area contributed by atoms with Crippen LogP contribution < -0.4 is 4.74 Å². The third-order valence-corrected chi connectivity index (χ3v) is 2.74. The van der Waals surface area contributed by atoms with Crippen LogP contribution in [0.4, 0.5) is 0 Å². The lowest BCUT2D eigenvalue weighted by Gasteiger charge is -2.10. The van der Waals surface area contributed by atoms with Gasteiger partial charge in [-0.1, -0.05) is 6.92 Å². The van der Waals surface area contributed by atoms with E-state index in [9.17, 15) is 4.79 Å². The molecule has 16 heavy (non-hydrogen) atoms. The van der Waals surface area contributed by atoms with E-state index in [1.807, 2.05) is 0 Å². The molecule has 1 aromatic carbocycles. The Morgan fingerprint density at radius 2 is 2.00 bits per heavy atom. The fraction of sp³-hybridized carbons (Fsp3) is 0.417. The molecule has 0 fully saturated rings. The molecule has 0 spiro atoms. The van der Waals surface area contributed by atoms with Gasteiger partial charge in [-0.15, -0.1) is 0 Å². The summed E-state index contributed by atoms with van der Waals surface area (Å²) >= 11 is 4.18. The highest BCUT2D eigenvalue weighted by Gasteiger charge is 2.05. The first-order valence-corrected chi connectivity index (χ1v) is 5.72. The summed E-state index contributed by atoms with van der Waals surface area (Å²) in [5.41, 5.74) is 0.525. The summed E-state index contributed by atoms with van der Waals surface area (Å²) < 4.78 is 10.1. The normalized spacial score (nSPS) is 11.9. The Morgan fingerprint density at radius 1 is 1.38 bits per heavy atom. The maximum absolute atomic E-state index is 11.2. The van der Waals surface area contributed by atoms with Crippen LogP contribution in [0.25, 0.3) is 0 Å². The van der Waals surface area contributed by atoms with E-state index in [2.05, 4.69) is 24.3 Å². The van der Waals surface area contributed by atoms with Gasteiger partial charge in [0.15, 0.2) is 0 Å². The second kappa shape index (κ2) is 6.43. The molecule has 0 bridgehead atoms. The lowest BCUT2D eigenvalue weighted by atomic mass is 10.2. The Kier molecular flexibility index (Phi) is 5.19. The molecule has 1 unspecified atom stereocenters. The van der Waals surface area contributed by atoms with E-state index >= 15 is 0 Å². The Morgan fingerprint density at radius 3 is 2.50 bits per heavy atom. The molecule has 0 N–H and O–H groups in total. The highest BCUT2D eigenvalue weighted by molar-refractivity contribution is 7.80. The van der Waals surface area contributed by atoms with Crippen LogP contribution in [0, 0.1) is 5.92 Å². The highest BCUT2D eigenvalue weighted by Crippen LogP contribution is 2.14. The van der Waals surface area contributed by atoms with Gasteiger partial charge in [0.2, 0.25) is 0 Å². The number of carbonyl (C=O) groups excluding carboxylic acids is 1. The van der Waals surface area contributed by atoms with Gasteiger partial charge >= 0.3 is 5.97 Å². The van der Waals surface area contributed by atoms with Gasteiger partial charge in [-0.3, -0.25) is 0 Å². The molecular formula is C12H16O3S. The van der Waals surface area contributed by atoms with Crippen LogP contribution in [-0.2, 0) is 4.74 Å². The third kappa shape index (κ3) is 3.77. The Bertz CT molecular complexity index is 335. The Hall–Kier alpha value is -1.16. The first-order chi connectivity index (χ1) is 7.67. The number of rotatable bonds is 5. The highest BCUT2D eigenvalue weighted by atomic mass is 32.1. The average Bonchev–Trinajstić information content (AvgIpc) is 2.35. The Balaban J connectivity index is 2.54. The van der Waals surface area contributed by atoms with Crippen molar-refractivity contribution in [2.24, 2.45) is 5.92 Å². The molecule has 0 amide bonds. The van der Waals surface area contributed by atoms with Gasteiger partial charge in [-0.25, -0.2) is 4.79 Å². The van der Waals surface area contributed by atoms with Crippen LogP contribution in [-0.4, -0.2) is 25.4 Å². The van der Waals surface area contributed by atoms with Crippen molar-refractivity contribution in [1.82, 2.24) is 0 Å². The van der Waals surface area contributed by atoms with E-state index in [0.29, 0.717) is 18.1 Å². The topological polar surface area (TPSA) is 35.5 Å². The molecule has 88 valence electrons. The molecular weight excluding hydrogens is 224 g/mol. The van der Waals surface area contributed by atoms with Gasteiger partial charge in [-0.05, 0) is 35.9 Å². The molecule has 1 rings (SSSR count). The molecule has 0 saturated heterocycles. The molecule has 0 heterocycles. The fourth-order valence-corrected chi connectivity index (χ4v) is 1.20. The van der Waals surface area contributed by atoms with Gasteiger partial charge < -0.3 is 9.47 Å². The zero-order chi connectivity index (χ0) is 12.0. The van der Waals surface area contributed by atoms with Crippen molar-refractivity contribution in [2.75, 3.05) is 19.5 Å². The van der Waals surface area contributed by atoms with Crippen LogP contribution in [0.1, 0.15) is 17.3 Å². The molecule has 0 saturated carbocycles. The monoisotopic (exact) mass is 240 g/mol. The molecule has 0 aromatic heterocycles. The first-order valence-electron chi connectivity index (χ1n) is 5.09. The van der Waals surface area contributed by atoms with Crippen LogP contribution in [0.15, 0.2) is 24.3 Å². The van der Waals surface area contributed by atoms with Crippen molar-refractivity contribution in [2.45, 2.75) is 6.92 Å². The zero-order valence-corrected chi connectivity index (χ0v) is 10.4. The summed E-state index contributed by atoms with van der Waals surface area (Å²) in [4.78, 5) is 11.2. The molecule has 1 aromatic rings. The van der Waals surface area contributed by atoms with Gasteiger partial charge in [0.05, 0.1) is 19.3 Å². The van der Waals surface area contributed by atoms with Crippen molar-refractivity contribution in [3.63, 3.8) is 0 Å². The largest absolute Gasteiger partial charge is 0.493 e. The predicted octanol–water partition coefficient (Wildman–Crippen LogP) is 2.42. The maximum Gasteiger partial charge on any atom is 0.337 e. The molecule has 4 heteroatoms. The van der Waals surface area contributed by atoms with E-state index in [1.165, 1.54) is 7.11 Å². The lowest BCUT2D eigenvalue weighted by Crippen LogP contribution is -2.09. The number of esters is 1. The van der Waals surface area contributed by atoms with E-state index in [1.54, 1.807) is 24.3 Å². The van der Waals surface area contributed by atoms with E-state index in [4.69, 9.17) is 4.74 Å².